The van der Waals surface area contributed by atoms with Crippen molar-refractivity contribution in [2.24, 2.45) is 0 Å². The van der Waals surface area contributed by atoms with Crippen molar-refractivity contribution in [3.8, 4) is 50.3 Å². The molecule has 4 nitrogen and oxygen atoms in total. The van der Waals surface area contributed by atoms with Crippen LogP contribution >= 0.6 is 0 Å². The van der Waals surface area contributed by atoms with E-state index in [-0.39, 0.29) is 5.41 Å². The molecule has 1 aliphatic rings. The molecule has 12 rings (SSSR count). The van der Waals surface area contributed by atoms with E-state index in [0.29, 0.717) is 0 Å². The number of hydrogen-bond donors (Lipinski definition) is 2. The van der Waals surface area contributed by atoms with Crippen molar-refractivity contribution in [1.29, 1.82) is 0 Å². The van der Waals surface area contributed by atoms with E-state index in [1.807, 2.05) is 6.07 Å². The Labute approximate surface area is 323 Å². The van der Waals surface area contributed by atoms with E-state index >= 15 is 0 Å². The van der Waals surface area contributed by atoms with Crippen molar-refractivity contribution in [3.63, 3.8) is 0 Å². The molecule has 0 spiro atoms. The van der Waals surface area contributed by atoms with Crippen LogP contribution in [0.3, 0.4) is 0 Å². The number of nitrogens with one attached hydrogen (secondary N) is 2. The average Bonchev–Trinajstić information content (AvgIpc) is 4.00. The summed E-state index contributed by atoms with van der Waals surface area (Å²) in [6.07, 6.45) is 0. The highest BCUT2D eigenvalue weighted by atomic mass is 15.1. The van der Waals surface area contributed by atoms with E-state index in [0.717, 1.165) is 50.0 Å². The molecule has 0 saturated carbocycles. The first-order valence-electron chi connectivity index (χ1n) is 19.4. The molecule has 0 unspecified atom stereocenters. The first kappa shape index (κ1) is 31.2. The number of nitrogens with zero attached hydrogens (tertiary/aromatic N) is 2. The van der Waals surface area contributed by atoms with E-state index in [1.165, 1.54) is 66.0 Å². The Morgan fingerprint density at radius 3 is 2.09 bits per heavy atom. The van der Waals surface area contributed by atoms with Gasteiger partial charge in [0.2, 0.25) is 0 Å². The predicted octanol–water partition coefficient (Wildman–Crippen LogP) is 13.6. The van der Waals surface area contributed by atoms with Crippen molar-refractivity contribution in [2.75, 3.05) is 0 Å². The maximum Gasteiger partial charge on any atom is 0.0999 e. The molecule has 11 aromatic rings. The number of para-hydroxylation sites is 3. The molecular formula is C52H36N4. The highest BCUT2D eigenvalue weighted by molar-refractivity contribution is 6.23. The predicted molar refractivity (Wildman–Crippen MR) is 234 cm³/mol. The van der Waals surface area contributed by atoms with Crippen molar-refractivity contribution < 1.29 is 0 Å². The van der Waals surface area contributed by atoms with Crippen LogP contribution in [0.15, 0.2) is 170 Å². The standard InChI is InChI=1S/C52H36N4/c1-52(2)43-23-9-6-16-34(43)37-20-12-19-33(47(37)52)32-26-29-44-42(30-32)39-27-28-40-36-18-8-11-25-46(36)56(51(40)50(39)53-44)45-24-10-7-17-35(45)38-21-13-22-41-48(54-55-49(38)41)31-14-4-3-5-15-31/h3-30,53H,1-2H3,(H,54,55). The van der Waals surface area contributed by atoms with Gasteiger partial charge in [-0.25, -0.2) is 0 Å². The van der Waals surface area contributed by atoms with Gasteiger partial charge >= 0.3 is 0 Å². The minimum Gasteiger partial charge on any atom is -0.353 e. The maximum atomic E-state index is 4.84. The van der Waals surface area contributed by atoms with Gasteiger partial charge in [0.25, 0.3) is 0 Å². The normalized spacial score (nSPS) is 13.3. The Balaban J connectivity index is 1.09. The van der Waals surface area contributed by atoms with Gasteiger partial charge in [-0.3, -0.25) is 5.10 Å². The summed E-state index contributed by atoms with van der Waals surface area (Å²) >= 11 is 0. The smallest absolute Gasteiger partial charge is 0.0999 e. The summed E-state index contributed by atoms with van der Waals surface area (Å²) in [5, 5.41) is 14.3. The number of aromatic amines is 2. The Bertz CT molecular complexity index is 3390. The number of benzene rings is 8. The zero-order chi connectivity index (χ0) is 37.1. The molecular weight excluding hydrogens is 681 g/mol. The monoisotopic (exact) mass is 716 g/mol. The molecule has 0 aliphatic heterocycles. The topological polar surface area (TPSA) is 49.4 Å². The Hall–Kier alpha value is -7.17. The summed E-state index contributed by atoms with van der Waals surface area (Å²) in [7, 11) is 0. The van der Waals surface area contributed by atoms with Crippen LogP contribution in [0.25, 0.3) is 105 Å². The number of hydrogen-bond acceptors (Lipinski definition) is 1. The molecule has 3 aromatic heterocycles. The lowest BCUT2D eigenvalue weighted by Gasteiger charge is -2.24. The lowest BCUT2D eigenvalue weighted by Crippen LogP contribution is -2.16. The summed E-state index contributed by atoms with van der Waals surface area (Å²) in [5.74, 6) is 0. The van der Waals surface area contributed by atoms with E-state index in [9.17, 15) is 0 Å². The van der Waals surface area contributed by atoms with E-state index in [2.05, 4.69) is 192 Å². The van der Waals surface area contributed by atoms with Gasteiger partial charge in [0.15, 0.2) is 0 Å². The van der Waals surface area contributed by atoms with E-state index in [4.69, 9.17) is 5.10 Å². The summed E-state index contributed by atoms with van der Waals surface area (Å²) in [4.78, 5) is 3.93. The second-order valence-electron chi connectivity index (χ2n) is 15.7. The fourth-order valence-electron chi connectivity index (χ4n) is 9.90. The zero-order valence-electron chi connectivity index (χ0n) is 31.1. The minimum absolute atomic E-state index is 0.0954. The highest BCUT2D eigenvalue weighted by Crippen LogP contribution is 2.52. The first-order chi connectivity index (χ1) is 27.6. The van der Waals surface area contributed by atoms with Crippen molar-refractivity contribution in [1.82, 2.24) is 19.7 Å². The van der Waals surface area contributed by atoms with E-state index < -0.39 is 0 Å². The SMILES string of the molecule is CC1(C)c2ccccc2-c2cccc(-c3ccc4[nH]c5c(ccc6c7ccccc7n(-c7ccccc7-c7cccc8c(-c9ccccc9)n[nH]c78)c65)c4c3)c21. The van der Waals surface area contributed by atoms with Crippen molar-refractivity contribution in [3.05, 3.63) is 181 Å². The second kappa shape index (κ2) is 11.4. The molecule has 8 aromatic carbocycles. The molecule has 264 valence electrons. The van der Waals surface area contributed by atoms with Gasteiger partial charge in [-0.1, -0.05) is 159 Å². The lowest BCUT2D eigenvalue weighted by atomic mass is 9.79. The van der Waals surface area contributed by atoms with Gasteiger partial charge in [0.1, 0.15) is 0 Å². The fourth-order valence-corrected chi connectivity index (χ4v) is 9.90. The van der Waals surface area contributed by atoms with Gasteiger partial charge in [0, 0.05) is 54.6 Å². The van der Waals surface area contributed by atoms with Gasteiger partial charge in [-0.2, -0.15) is 5.10 Å². The lowest BCUT2D eigenvalue weighted by molar-refractivity contribution is 0.662. The Kier molecular flexibility index (Phi) is 6.37. The van der Waals surface area contributed by atoms with Crippen molar-refractivity contribution in [2.45, 2.75) is 19.3 Å². The fraction of sp³-hybridized carbons (Fsp3) is 0.0577. The molecule has 0 bridgehead atoms. The van der Waals surface area contributed by atoms with Gasteiger partial charge in [-0.15, -0.1) is 0 Å². The third-order valence-electron chi connectivity index (χ3n) is 12.4. The molecule has 0 radical (unpaired) electrons. The van der Waals surface area contributed by atoms with Crippen LogP contribution in [0.1, 0.15) is 25.0 Å². The van der Waals surface area contributed by atoms with Crippen LogP contribution in [0.5, 0.6) is 0 Å². The maximum absolute atomic E-state index is 4.84. The van der Waals surface area contributed by atoms with E-state index in [1.54, 1.807) is 0 Å². The largest absolute Gasteiger partial charge is 0.353 e. The molecule has 0 fully saturated rings. The third kappa shape index (κ3) is 4.21. The molecule has 0 atom stereocenters. The Morgan fingerprint density at radius 1 is 0.482 bits per heavy atom. The van der Waals surface area contributed by atoms with Crippen LogP contribution < -0.4 is 0 Å². The summed E-state index contributed by atoms with van der Waals surface area (Å²) in [6.45, 7) is 4.74. The second-order valence-corrected chi connectivity index (χ2v) is 15.7. The van der Waals surface area contributed by atoms with Crippen LogP contribution in [0.4, 0.5) is 0 Å². The highest BCUT2D eigenvalue weighted by Gasteiger charge is 2.37. The molecule has 3 heterocycles. The molecule has 2 N–H and O–H groups in total. The molecule has 4 heteroatoms. The first-order valence-corrected chi connectivity index (χ1v) is 19.4. The number of H-pyrrole nitrogens is 2. The molecule has 56 heavy (non-hydrogen) atoms. The number of aromatic nitrogens is 4. The number of fused-ring (bicyclic) bond motifs is 11. The van der Waals surface area contributed by atoms with Crippen LogP contribution in [-0.4, -0.2) is 19.7 Å². The summed E-state index contributed by atoms with van der Waals surface area (Å²) < 4.78 is 2.47. The van der Waals surface area contributed by atoms with Crippen molar-refractivity contribution >= 4 is 54.5 Å². The molecule has 0 saturated heterocycles. The molecule has 1 aliphatic carbocycles. The average molecular weight is 717 g/mol. The Morgan fingerprint density at radius 2 is 1.18 bits per heavy atom. The van der Waals surface area contributed by atoms with Gasteiger partial charge in [-0.05, 0) is 57.6 Å². The van der Waals surface area contributed by atoms with Gasteiger partial charge in [0.05, 0.1) is 33.4 Å². The minimum atomic E-state index is -0.0954. The van der Waals surface area contributed by atoms with Crippen LogP contribution in [0.2, 0.25) is 0 Å². The van der Waals surface area contributed by atoms with Crippen LogP contribution in [-0.2, 0) is 5.41 Å². The van der Waals surface area contributed by atoms with Crippen LogP contribution in [0, 0.1) is 0 Å². The zero-order valence-corrected chi connectivity index (χ0v) is 31.1. The summed E-state index contributed by atoms with van der Waals surface area (Å²) in [5.41, 5.74) is 19.0. The molecule has 0 amide bonds. The quantitative estimate of drug-likeness (QED) is 0.187. The summed E-state index contributed by atoms with van der Waals surface area (Å²) in [6, 6.07) is 61.8. The third-order valence-corrected chi connectivity index (χ3v) is 12.4. The number of rotatable bonds is 4. The van der Waals surface area contributed by atoms with Gasteiger partial charge < -0.3 is 9.55 Å².